The predicted molar refractivity (Wildman–Crippen MR) is 43.9 cm³/mol. The van der Waals surface area contributed by atoms with E-state index in [2.05, 4.69) is 9.47 Å². The van der Waals surface area contributed by atoms with Gasteiger partial charge in [0.25, 0.3) is 0 Å². The molecule has 14 heavy (non-hydrogen) atoms. The molecule has 0 aromatic rings. The van der Waals surface area contributed by atoms with Crippen LogP contribution in [-0.2, 0) is 19.1 Å². The highest BCUT2D eigenvalue weighted by atomic mass is 16.5. The monoisotopic (exact) mass is 202 g/mol. The van der Waals surface area contributed by atoms with Crippen LogP contribution in [-0.4, -0.2) is 48.6 Å². The van der Waals surface area contributed by atoms with E-state index in [0.717, 1.165) is 0 Å². The maximum absolute atomic E-state index is 10.6. The van der Waals surface area contributed by atoms with Crippen molar-refractivity contribution in [1.29, 1.82) is 0 Å². The number of aliphatic hydroxyl groups excluding tert-OH is 2. The van der Waals surface area contributed by atoms with Gasteiger partial charge in [0.15, 0.2) is 0 Å². The molecule has 0 aromatic heterocycles. The first kappa shape index (κ1) is 12.4. The van der Waals surface area contributed by atoms with Crippen molar-refractivity contribution in [1.82, 2.24) is 0 Å². The molecule has 0 aliphatic heterocycles. The molecule has 0 unspecified atom stereocenters. The maximum atomic E-state index is 10.6. The van der Waals surface area contributed by atoms with Crippen LogP contribution in [0, 0.1) is 11.8 Å². The summed E-state index contributed by atoms with van der Waals surface area (Å²) in [7, 11) is 0. The number of rotatable bonds is 4. The van der Waals surface area contributed by atoms with Crippen LogP contribution in [0.25, 0.3) is 0 Å². The van der Waals surface area contributed by atoms with Crippen LogP contribution >= 0.6 is 0 Å². The van der Waals surface area contributed by atoms with Gasteiger partial charge in [0, 0.05) is 11.8 Å². The summed E-state index contributed by atoms with van der Waals surface area (Å²) >= 11 is 0. The molecule has 0 bridgehead atoms. The number of carbonyl (C=O) groups is 2. The smallest absolute Gasteiger partial charge is 0.385 e. The first-order chi connectivity index (χ1) is 6.70. The van der Waals surface area contributed by atoms with E-state index in [0.29, 0.717) is 0 Å². The van der Waals surface area contributed by atoms with Crippen LogP contribution in [0.2, 0.25) is 0 Å². The molecule has 0 aliphatic rings. The van der Waals surface area contributed by atoms with Crippen molar-refractivity contribution >= 4 is 11.9 Å². The molecule has 0 rings (SSSR count). The van der Waals surface area contributed by atoms with E-state index in [1.165, 1.54) is 0 Å². The number of carbonyl (C=O) groups excluding carboxylic acids is 2. The van der Waals surface area contributed by atoms with Crippen LogP contribution < -0.4 is 0 Å². The topological polar surface area (TPSA) is 93.1 Å². The fourth-order valence-electron chi connectivity index (χ4n) is 0.451. The SMILES string of the molecule is O=C(C#CC(=O)OCCO)OCCO. The van der Waals surface area contributed by atoms with E-state index in [-0.39, 0.29) is 26.4 Å². The van der Waals surface area contributed by atoms with E-state index in [4.69, 9.17) is 10.2 Å². The highest BCUT2D eigenvalue weighted by Gasteiger charge is 1.98. The second kappa shape index (κ2) is 8.04. The van der Waals surface area contributed by atoms with E-state index >= 15 is 0 Å². The van der Waals surface area contributed by atoms with Crippen LogP contribution in [0.4, 0.5) is 0 Å². The fourth-order valence-corrected chi connectivity index (χ4v) is 0.451. The first-order valence-corrected chi connectivity index (χ1v) is 3.78. The fraction of sp³-hybridized carbons (Fsp3) is 0.500. The van der Waals surface area contributed by atoms with Crippen LogP contribution in [0.15, 0.2) is 0 Å². The third-order valence-corrected chi connectivity index (χ3v) is 0.916. The second-order valence-electron chi connectivity index (χ2n) is 1.97. The zero-order valence-corrected chi connectivity index (χ0v) is 7.36. The molecule has 0 aromatic carbocycles. The van der Waals surface area contributed by atoms with Gasteiger partial charge in [0.2, 0.25) is 0 Å². The molecule has 0 fully saturated rings. The Hall–Kier alpha value is -1.58. The number of esters is 2. The van der Waals surface area contributed by atoms with E-state index in [9.17, 15) is 9.59 Å². The minimum Gasteiger partial charge on any atom is -0.454 e. The molecule has 6 nitrogen and oxygen atoms in total. The summed E-state index contributed by atoms with van der Waals surface area (Å²) in [5, 5.41) is 16.5. The number of hydrogen-bond donors (Lipinski definition) is 2. The summed E-state index contributed by atoms with van der Waals surface area (Å²) in [6.45, 7) is -0.941. The standard InChI is InChI=1S/C8H10O6/c9-3-5-13-7(11)1-2-8(12)14-6-4-10/h9-10H,3-6H2. The summed E-state index contributed by atoms with van der Waals surface area (Å²) in [5.41, 5.74) is 0. The Labute approximate surface area is 80.4 Å². The molecule has 0 amide bonds. The molecular formula is C8H10O6. The van der Waals surface area contributed by atoms with Crippen LogP contribution in [0.5, 0.6) is 0 Å². The van der Waals surface area contributed by atoms with Crippen molar-refractivity contribution in [3.63, 3.8) is 0 Å². The van der Waals surface area contributed by atoms with Crippen molar-refractivity contribution in [2.24, 2.45) is 0 Å². The molecule has 0 radical (unpaired) electrons. The number of ether oxygens (including phenoxy) is 2. The Morgan fingerprint density at radius 2 is 1.29 bits per heavy atom. The van der Waals surface area contributed by atoms with Crippen molar-refractivity contribution in [2.75, 3.05) is 26.4 Å². The Bertz CT molecular complexity index is 224. The molecule has 0 atom stereocenters. The predicted octanol–water partition coefficient (Wildman–Crippen LogP) is -1.94. The molecule has 0 saturated heterocycles. The van der Waals surface area contributed by atoms with Crippen molar-refractivity contribution in [3.05, 3.63) is 0 Å². The van der Waals surface area contributed by atoms with Gasteiger partial charge in [-0.3, -0.25) is 0 Å². The summed E-state index contributed by atoms with van der Waals surface area (Å²) in [6, 6.07) is 0. The highest BCUT2D eigenvalue weighted by molar-refractivity contribution is 5.98. The average molecular weight is 202 g/mol. The maximum Gasteiger partial charge on any atom is 0.385 e. The molecule has 78 valence electrons. The molecule has 6 heteroatoms. The molecule has 0 spiro atoms. The van der Waals surface area contributed by atoms with Crippen molar-refractivity contribution in [2.45, 2.75) is 0 Å². The average Bonchev–Trinajstić information content (AvgIpc) is 2.20. The van der Waals surface area contributed by atoms with Gasteiger partial charge in [0.05, 0.1) is 13.2 Å². The summed E-state index contributed by atoms with van der Waals surface area (Å²) in [5.74, 6) is 1.86. The lowest BCUT2D eigenvalue weighted by atomic mass is 10.5. The molecule has 0 heterocycles. The summed E-state index contributed by atoms with van der Waals surface area (Å²) in [4.78, 5) is 21.2. The van der Waals surface area contributed by atoms with E-state index < -0.39 is 11.9 Å². The lowest BCUT2D eigenvalue weighted by molar-refractivity contribution is -0.139. The van der Waals surface area contributed by atoms with Crippen LogP contribution in [0.1, 0.15) is 0 Å². The van der Waals surface area contributed by atoms with Gasteiger partial charge in [-0.05, 0) is 0 Å². The quantitative estimate of drug-likeness (QED) is 0.313. The number of hydrogen-bond acceptors (Lipinski definition) is 6. The van der Waals surface area contributed by atoms with Gasteiger partial charge in [-0.1, -0.05) is 0 Å². The lowest BCUT2D eigenvalue weighted by Gasteiger charge is -1.95. The Morgan fingerprint density at radius 3 is 1.57 bits per heavy atom. The summed E-state index contributed by atoms with van der Waals surface area (Å²) in [6.07, 6.45) is 0. The Kier molecular flexibility index (Phi) is 7.13. The zero-order chi connectivity index (χ0) is 10.8. The summed E-state index contributed by atoms with van der Waals surface area (Å²) < 4.78 is 8.65. The minimum absolute atomic E-state index is 0.167. The van der Waals surface area contributed by atoms with E-state index in [1.54, 1.807) is 0 Å². The van der Waals surface area contributed by atoms with Crippen molar-refractivity contribution < 1.29 is 29.3 Å². The van der Waals surface area contributed by atoms with Gasteiger partial charge in [-0.15, -0.1) is 0 Å². The largest absolute Gasteiger partial charge is 0.454 e. The van der Waals surface area contributed by atoms with Gasteiger partial charge >= 0.3 is 11.9 Å². The van der Waals surface area contributed by atoms with Crippen molar-refractivity contribution in [3.8, 4) is 11.8 Å². The molecule has 2 N–H and O–H groups in total. The van der Waals surface area contributed by atoms with Gasteiger partial charge < -0.3 is 19.7 Å². The van der Waals surface area contributed by atoms with Gasteiger partial charge in [-0.25, -0.2) is 9.59 Å². The number of aliphatic hydroxyl groups is 2. The first-order valence-electron chi connectivity index (χ1n) is 3.78. The molecular weight excluding hydrogens is 192 g/mol. The van der Waals surface area contributed by atoms with E-state index in [1.807, 2.05) is 11.8 Å². The molecule has 0 aliphatic carbocycles. The Morgan fingerprint density at radius 1 is 0.929 bits per heavy atom. The van der Waals surface area contributed by atoms with Crippen LogP contribution in [0.3, 0.4) is 0 Å². The zero-order valence-electron chi connectivity index (χ0n) is 7.36. The normalized spacial score (nSPS) is 8.43. The minimum atomic E-state index is -0.917. The Balaban J connectivity index is 3.78. The molecule has 0 saturated carbocycles. The third kappa shape index (κ3) is 7.09. The third-order valence-electron chi connectivity index (χ3n) is 0.916. The van der Waals surface area contributed by atoms with Gasteiger partial charge in [0.1, 0.15) is 13.2 Å². The highest BCUT2D eigenvalue weighted by Crippen LogP contribution is 1.77. The second-order valence-corrected chi connectivity index (χ2v) is 1.97. The lowest BCUT2D eigenvalue weighted by Crippen LogP contribution is -2.08. The van der Waals surface area contributed by atoms with Gasteiger partial charge in [-0.2, -0.15) is 0 Å².